The van der Waals surface area contributed by atoms with Gasteiger partial charge >= 0.3 is 0 Å². The number of aromatic hydroxyl groups is 1. The number of nitrogens with zero attached hydrogens (tertiary/aromatic N) is 3. The smallest absolute Gasteiger partial charge is 0.200 e. The molecule has 6 nitrogen and oxygen atoms in total. The quantitative estimate of drug-likeness (QED) is 0.634. The maximum absolute atomic E-state index is 10.0. The number of piperazine rings is 1. The average molecular weight is 405 g/mol. The Morgan fingerprint density at radius 1 is 0.933 bits per heavy atom. The third-order valence-corrected chi connectivity index (χ3v) is 5.49. The molecule has 3 aromatic rings. The standard InChI is InChI=1S/C24H27N3O3/c1-29-22-14-18(15-23(30-2)24(22)28)16-25-27-12-10-26(11-13-27)17-20-8-5-7-19-6-3-4-9-21(19)20/h3-9,14-16,28H,10-13,17H2,1-2H3/b25-16+. The van der Waals surface area contributed by atoms with Crippen LogP contribution >= 0.6 is 0 Å². The Labute approximate surface area is 176 Å². The highest BCUT2D eigenvalue weighted by atomic mass is 16.5. The lowest BCUT2D eigenvalue weighted by Crippen LogP contribution is -2.43. The van der Waals surface area contributed by atoms with Gasteiger partial charge in [-0.2, -0.15) is 5.10 Å². The van der Waals surface area contributed by atoms with E-state index >= 15 is 0 Å². The highest BCUT2D eigenvalue weighted by Crippen LogP contribution is 2.36. The zero-order chi connectivity index (χ0) is 20.9. The Hall–Kier alpha value is -3.25. The fourth-order valence-corrected chi connectivity index (χ4v) is 3.82. The lowest BCUT2D eigenvalue weighted by molar-refractivity contribution is 0.131. The summed E-state index contributed by atoms with van der Waals surface area (Å²) in [7, 11) is 3.04. The van der Waals surface area contributed by atoms with Crippen LogP contribution in [0, 0.1) is 0 Å². The largest absolute Gasteiger partial charge is 0.502 e. The normalized spacial score (nSPS) is 15.1. The second-order valence-corrected chi connectivity index (χ2v) is 7.39. The SMILES string of the molecule is COc1cc(/C=N/N2CCN(Cc3cccc4ccccc34)CC2)cc(OC)c1O. The number of fused-ring (bicyclic) bond motifs is 1. The summed E-state index contributed by atoms with van der Waals surface area (Å²) in [5.41, 5.74) is 2.19. The highest BCUT2D eigenvalue weighted by Gasteiger charge is 2.16. The molecule has 1 N–H and O–H groups in total. The van der Waals surface area contributed by atoms with E-state index in [9.17, 15) is 5.11 Å². The minimum Gasteiger partial charge on any atom is -0.502 e. The summed E-state index contributed by atoms with van der Waals surface area (Å²) in [6.07, 6.45) is 1.78. The van der Waals surface area contributed by atoms with E-state index < -0.39 is 0 Å². The van der Waals surface area contributed by atoms with Crippen LogP contribution in [0.4, 0.5) is 0 Å². The lowest BCUT2D eigenvalue weighted by Gasteiger charge is -2.33. The molecule has 0 saturated carbocycles. The van der Waals surface area contributed by atoms with Gasteiger partial charge in [-0.15, -0.1) is 0 Å². The van der Waals surface area contributed by atoms with Crippen LogP contribution in [0.2, 0.25) is 0 Å². The second-order valence-electron chi connectivity index (χ2n) is 7.39. The molecular weight excluding hydrogens is 378 g/mol. The van der Waals surface area contributed by atoms with Gasteiger partial charge in [-0.3, -0.25) is 9.91 Å². The number of hydrazone groups is 1. The number of hydrogen-bond donors (Lipinski definition) is 1. The number of hydrogen-bond acceptors (Lipinski definition) is 6. The van der Waals surface area contributed by atoms with Crippen molar-refractivity contribution in [1.82, 2.24) is 9.91 Å². The van der Waals surface area contributed by atoms with Gasteiger partial charge in [0, 0.05) is 38.3 Å². The summed E-state index contributed by atoms with van der Waals surface area (Å²) in [6, 6.07) is 18.6. The van der Waals surface area contributed by atoms with E-state index in [0.717, 1.165) is 38.3 Å². The molecule has 1 aliphatic heterocycles. The number of phenols is 1. The lowest BCUT2D eigenvalue weighted by atomic mass is 10.0. The molecule has 0 unspecified atom stereocenters. The minimum atomic E-state index is -0.000741. The molecule has 1 heterocycles. The number of rotatable bonds is 6. The van der Waals surface area contributed by atoms with E-state index in [1.165, 1.54) is 30.6 Å². The van der Waals surface area contributed by atoms with Gasteiger partial charge in [-0.1, -0.05) is 42.5 Å². The van der Waals surface area contributed by atoms with E-state index in [0.29, 0.717) is 11.5 Å². The van der Waals surface area contributed by atoms with Crippen LogP contribution in [0.25, 0.3) is 10.8 Å². The van der Waals surface area contributed by atoms with E-state index in [2.05, 4.69) is 57.5 Å². The maximum Gasteiger partial charge on any atom is 0.200 e. The van der Waals surface area contributed by atoms with Crippen molar-refractivity contribution in [3.8, 4) is 17.2 Å². The van der Waals surface area contributed by atoms with Gasteiger partial charge in [0.2, 0.25) is 5.75 Å². The molecule has 0 aromatic heterocycles. The Balaban J connectivity index is 1.38. The number of phenolic OH excluding ortho intramolecular Hbond substituents is 1. The van der Waals surface area contributed by atoms with Gasteiger partial charge in [0.05, 0.1) is 20.4 Å². The third kappa shape index (κ3) is 4.33. The van der Waals surface area contributed by atoms with Crippen LogP contribution in [-0.4, -0.2) is 61.6 Å². The van der Waals surface area contributed by atoms with Crippen LogP contribution in [0.3, 0.4) is 0 Å². The number of benzene rings is 3. The molecule has 1 fully saturated rings. The molecule has 0 aliphatic carbocycles. The van der Waals surface area contributed by atoms with E-state index in [1.54, 1.807) is 18.3 Å². The van der Waals surface area contributed by atoms with Gasteiger partial charge in [-0.05, 0) is 28.5 Å². The van der Waals surface area contributed by atoms with E-state index in [-0.39, 0.29) is 5.75 Å². The third-order valence-electron chi connectivity index (χ3n) is 5.49. The van der Waals surface area contributed by atoms with Crippen molar-refractivity contribution in [3.63, 3.8) is 0 Å². The monoisotopic (exact) mass is 405 g/mol. The molecule has 0 amide bonds. The molecule has 0 atom stereocenters. The summed E-state index contributed by atoms with van der Waals surface area (Å²) in [4.78, 5) is 2.47. The molecule has 4 rings (SSSR count). The van der Waals surface area contributed by atoms with Crippen molar-refractivity contribution >= 4 is 17.0 Å². The van der Waals surface area contributed by atoms with Crippen molar-refractivity contribution in [2.75, 3.05) is 40.4 Å². The fraction of sp³-hybridized carbons (Fsp3) is 0.292. The number of ether oxygens (including phenoxy) is 2. The predicted molar refractivity (Wildman–Crippen MR) is 120 cm³/mol. The second kappa shape index (κ2) is 9.05. The molecule has 30 heavy (non-hydrogen) atoms. The van der Waals surface area contributed by atoms with Crippen molar-refractivity contribution in [1.29, 1.82) is 0 Å². The van der Waals surface area contributed by atoms with Crippen molar-refractivity contribution < 1.29 is 14.6 Å². The Morgan fingerprint density at radius 3 is 2.30 bits per heavy atom. The Morgan fingerprint density at radius 2 is 1.60 bits per heavy atom. The summed E-state index contributed by atoms with van der Waals surface area (Å²) in [6.45, 7) is 4.61. The first kappa shape index (κ1) is 20.0. The summed E-state index contributed by atoms with van der Waals surface area (Å²) >= 11 is 0. The van der Waals surface area contributed by atoms with Crippen molar-refractivity contribution in [2.45, 2.75) is 6.54 Å². The zero-order valence-electron chi connectivity index (χ0n) is 17.4. The predicted octanol–water partition coefficient (Wildman–Crippen LogP) is 3.71. The van der Waals surface area contributed by atoms with Crippen molar-refractivity contribution in [3.05, 3.63) is 65.7 Å². The summed E-state index contributed by atoms with van der Waals surface area (Å²) in [5.74, 6) is 0.741. The number of methoxy groups -OCH3 is 2. The van der Waals surface area contributed by atoms with Gasteiger partial charge in [0.25, 0.3) is 0 Å². The topological polar surface area (TPSA) is 57.5 Å². The average Bonchev–Trinajstić information content (AvgIpc) is 2.79. The maximum atomic E-state index is 10.0. The van der Waals surface area contributed by atoms with Crippen LogP contribution in [0.5, 0.6) is 17.2 Å². The fourth-order valence-electron chi connectivity index (χ4n) is 3.82. The molecule has 1 aliphatic rings. The Bertz CT molecular complexity index is 1010. The zero-order valence-corrected chi connectivity index (χ0v) is 17.4. The molecule has 1 saturated heterocycles. The highest BCUT2D eigenvalue weighted by molar-refractivity contribution is 5.85. The van der Waals surface area contributed by atoms with Crippen LogP contribution < -0.4 is 9.47 Å². The molecule has 156 valence electrons. The molecular formula is C24H27N3O3. The van der Waals surface area contributed by atoms with Crippen LogP contribution in [-0.2, 0) is 6.54 Å². The van der Waals surface area contributed by atoms with Crippen LogP contribution in [0.1, 0.15) is 11.1 Å². The molecule has 3 aromatic carbocycles. The first-order chi connectivity index (χ1) is 14.7. The van der Waals surface area contributed by atoms with E-state index in [1.807, 2.05) is 0 Å². The first-order valence-corrected chi connectivity index (χ1v) is 10.1. The van der Waals surface area contributed by atoms with E-state index in [4.69, 9.17) is 9.47 Å². The van der Waals surface area contributed by atoms with Crippen LogP contribution in [0.15, 0.2) is 59.7 Å². The van der Waals surface area contributed by atoms with Gasteiger partial charge in [0.15, 0.2) is 11.5 Å². The van der Waals surface area contributed by atoms with Gasteiger partial charge < -0.3 is 14.6 Å². The minimum absolute atomic E-state index is 0.000741. The molecule has 0 bridgehead atoms. The van der Waals surface area contributed by atoms with Gasteiger partial charge in [-0.25, -0.2) is 0 Å². The summed E-state index contributed by atoms with van der Waals surface area (Å²) in [5, 5.41) is 19.3. The molecule has 6 heteroatoms. The molecule has 0 spiro atoms. The molecule has 0 radical (unpaired) electrons. The Kier molecular flexibility index (Phi) is 6.05. The summed E-state index contributed by atoms with van der Waals surface area (Å²) < 4.78 is 10.4. The van der Waals surface area contributed by atoms with Gasteiger partial charge in [0.1, 0.15) is 0 Å². The van der Waals surface area contributed by atoms with Crippen molar-refractivity contribution in [2.24, 2.45) is 5.10 Å². The first-order valence-electron chi connectivity index (χ1n) is 10.1.